The van der Waals surface area contributed by atoms with Crippen molar-refractivity contribution in [3.63, 3.8) is 0 Å². The number of ether oxygens (including phenoxy) is 1. The van der Waals surface area contributed by atoms with Gasteiger partial charge in [0.15, 0.2) is 0 Å². The van der Waals surface area contributed by atoms with Gasteiger partial charge in [0.25, 0.3) is 6.43 Å². The monoisotopic (exact) mass is 444 g/mol. The summed E-state index contributed by atoms with van der Waals surface area (Å²) in [6.45, 7) is 3.37. The predicted molar refractivity (Wildman–Crippen MR) is 116 cm³/mol. The van der Waals surface area contributed by atoms with Crippen LogP contribution in [0.2, 0.25) is 0 Å². The quantitative estimate of drug-likeness (QED) is 0.500. The fourth-order valence-corrected chi connectivity index (χ4v) is 3.58. The molecule has 6 nitrogen and oxygen atoms in total. The molecule has 1 aliphatic rings. The zero-order chi connectivity index (χ0) is 23.0. The molecule has 1 fully saturated rings. The number of halogens is 3. The number of hydrogen-bond acceptors (Lipinski definition) is 5. The first-order chi connectivity index (χ1) is 15.3. The Morgan fingerprint density at radius 3 is 2.56 bits per heavy atom. The van der Waals surface area contributed by atoms with Crippen molar-refractivity contribution in [1.82, 2.24) is 9.97 Å². The average molecular weight is 444 g/mol. The number of nitrogens with zero attached hydrogens (tertiary/aromatic N) is 2. The summed E-state index contributed by atoms with van der Waals surface area (Å²) >= 11 is 0. The van der Waals surface area contributed by atoms with Gasteiger partial charge in [0.2, 0.25) is 5.91 Å². The van der Waals surface area contributed by atoms with Gasteiger partial charge in [-0.3, -0.25) is 4.79 Å². The first-order valence-electron chi connectivity index (χ1n) is 10.3. The minimum absolute atomic E-state index is 0.0273. The maximum Gasteiger partial charge on any atom is 0.266 e. The highest BCUT2D eigenvalue weighted by Gasteiger charge is 2.30. The standard InChI is InChI=1S/C23H23F3N4O2/c1-11(14-5-4-6-15(20(14)24)21(25)26)27-22-16-9-19(32-3)18(30-23(31)13-7-8-13)10-17(16)28-12(2)29-22/h4-6,9-11,13,21H,7-8H2,1-3H3,(H,30,31)(H,27,28,29)/t11-/m1/s1. The normalized spacial score (nSPS) is 14.5. The molecule has 1 atom stereocenters. The number of methoxy groups -OCH3 is 1. The number of alkyl halides is 2. The zero-order valence-corrected chi connectivity index (χ0v) is 17.9. The summed E-state index contributed by atoms with van der Waals surface area (Å²) in [6, 6.07) is 6.69. The third kappa shape index (κ3) is 4.32. The number of carbonyl (C=O) groups is 1. The SMILES string of the molecule is COc1cc2c(N[C@H](C)c3cccc(C(F)F)c3F)nc(C)nc2cc1NC(=O)C1CC1. The fraction of sp³-hybridized carbons (Fsp3) is 0.348. The average Bonchev–Trinajstić information content (AvgIpc) is 3.58. The van der Waals surface area contributed by atoms with Crippen LogP contribution in [0.4, 0.5) is 24.7 Å². The van der Waals surface area contributed by atoms with E-state index in [1.807, 2.05) is 0 Å². The first-order valence-corrected chi connectivity index (χ1v) is 10.3. The van der Waals surface area contributed by atoms with Crippen LogP contribution >= 0.6 is 0 Å². The second-order valence-corrected chi connectivity index (χ2v) is 7.87. The molecule has 1 aliphatic carbocycles. The fourth-order valence-electron chi connectivity index (χ4n) is 3.58. The van der Waals surface area contributed by atoms with Gasteiger partial charge >= 0.3 is 0 Å². The lowest BCUT2D eigenvalue weighted by molar-refractivity contribution is -0.117. The number of aromatic nitrogens is 2. The van der Waals surface area contributed by atoms with Gasteiger partial charge in [-0.1, -0.05) is 18.2 Å². The molecule has 2 N–H and O–H groups in total. The smallest absolute Gasteiger partial charge is 0.266 e. The maximum absolute atomic E-state index is 14.6. The highest BCUT2D eigenvalue weighted by atomic mass is 19.3. The van der Waals surface area contributed by atoms with E-state index in [4.69, 9.17) is 4.74 Å². The molecular weight excluding hydrogens is 421 g/mol. The van der Waals surface area contributed by atoms with Gasteiger partial charge in [-0.2, -0.15) is 0 Å². The van der Waals surface area contributed by atoms with Gasteiger partial charge in [0, 0.05) is 16.9 Å². The molecule has 0 radical (unpaired) electrons. The van der Waals surface area contributed by atoms with Crippen LogP contribution in [-0.2, 0) is 4.79 Å². The van der Waals surface area contributed by atoms with Gasteiger partial charge < -0.3 is 15.4 Å². The van der Waals surface area contributed by atoms with Crippen molar-refractivity contribution >= 4 is 28.3 Å². The molecular formula is C23H23F3N4O2. The minimum Gasteiger partial charge on any atom is -0.495 e. The number of fused-ring (bicyclic) bond motifs is 1. The van der Waals surface area contributed by atoms with E-state index < -0.39 is 23.8 Å². The third-order valence-corrected chi connectivity index (χ3v) is 5.45. The number of aryl methyl sites for hydroxylation is 1. The Bertz CT molecular complexity index is 1180. The molecule has 0 saturated heterocycles. The first kappa shape index (κ1) is 21.9. The van der Waals surface area contributed by atoms with E-state index in [1.165, 1.54) is 19.2 Å². The summed E-state index contributed by atoms with van der Waals surface area (Å²) in [5.41, 5.74) is 0.524. The Balaban J connectivity index is 1.71. The van der Waals surface area contributed by atoms with Gasteiger partial charge in [-0.15, -0.1) is 0 Å². The number of amides is 1. The summed E-state index contributed by atoms with van der Waals surface area (Å²) in [5, 5.41) is 6.58. The number of carbonyl (C=O) groups excluding carboxylic acids is 1. The second kappa shape index (κ2) is 8.64. The predicted octanol–water partition coefficient (Wildman–Crippen LogP) is 5.55. The Hall–Kier alpha value is -3.36. The lowest BCUT2D eigenvalue weighted by atomic mass is 10.0. The number of rotatable bonds is 7. The number of nitrogens with one attached hydrogen (secondary N) is 2. The molecule has 9 heteroatoms. The molecule has 1 saturated carbocycles. The van der Waals surface area contributed by atoms with Crippen LogP contribution in [0.1, 0.15) is 49.2 Å². The van der Waals surface area contributed by atoms with Crippen molar-refractivity contribution < 1.29 is 22.7 Å². The summed E-state index contributed by atoms with van der Waals surface area (Å²) in [5.74, 6) is 0.314. The number of benzene rings is 2. The lowest BCUT2D eigenvalue weighted by Gasteiger charge is -2.19. The van der Waals surface area contributed by atoms with Gasteiger partial charge in [0.1, 0.15) is 23.2 Å². The van der Waals surface area contributed by atoms with Crippen molar-refractivity contribution in [3.8, 4) is 5.75 Å². The van der Waals surface area contributed by atoms with Crippen molar-refractivity contribution in [2.45, 2.75) is 39.2 Å². The maximum atomic E-state index is 14.6. The summed E-state index contributed by atoms with van der Waals surface area (Å²) in [6.07, 6.45) is -1.16. The van der Waals surface area contributed by atoms with Crippen LogP contribution in [0.3, 0.4) is 0 Å². The molecule has 1 heterocycles. The van der Waals surface area contributed by atoms with Gasteiger partial charge in [-0.05, 0) is 38.8 Å². The highest BCUT2D eigenvalue weighted by molar-refractivity contribution is 6.00. The number of hydrogen-bond donors (Lipinski definition) is 2. The molecule has 1 amide bonds. The molecule has 0 spiro atoms. The van der Waals surface area contributed by atoms with Gasteiger partial charge in [-0.25, -0.2) is 23.1 Å². The van der Waals surface area contributed by atoms with Crippen LogP contribution < -0.4 is 15.4 Å². The summed E-state index contributed by atoms with van der Waals surface area (Å²) < 4.78 is 46.3. The summed E-state index contributed by atoms with van der Waals surface area (Å²) in [7, 11) is 1.49. The van der Waals surface area contributed by atoms with Crippen molar-refractivity contribution in [3.05, 3.63) is 53.1 Å². The Morgan fingerprint density at radius 2 is 1.91 bits per heavy atom. The van der Waals surface area contributed by atoms with Crippen molar-refractivity contribution in [2.24, 2.45) is 5.92 Å². The van der Waals surface area contributed by atoms with Crippen molar-refractivity contribution in [1.29, 1.82) is 0 Å². The molecule has 168 valence electrons. The minimum atomic E-state index is -2.90. The van der Waals surface area contributed by atoms with E-state index in [9.17, 15) is 18.0 Å². The van der Waals surface area contributed by atoms with E-state index in [1.54, 1.807) is 26.0 Å². The Kier molecular flexibility index (Phi) is 5.90. The van der Waals surface area contributed by atoms with Crippen LogP contribution in [0, 0.1) is 18.7 Å². The Labute approximate surface area is 183 Å². The topological polar surface area (TPSA) is 76.1 Å². The van der Waals surface area contributed by atoms with Crippen LogP contribution in [0.25, 0.3) is 10.9 Å². The Morgan fingerprint density at radius 1 is 1.19 bits per heavy atom. The molecule has 3 aromatic rings. The largest absolute Gasteiger partial charge is 0.495 e. The van der Waals surface area contributed by atoms with E-state index in [2.05, 4.69) is 20.6 Å². The highest BCUT2D eigenvalue weighted by Crippen LogP contribution is 2.36. The van der Waals surface area contributed by atoms with E-state index in [0.29, 0.717) is 34.0 Å². The van der Waals surface area contributed by atoms with Crippen LogP contribution in [0.5, 0.6) is 5.75 Å². The van der Waals surface area contributed by atoms with Gasteiger partial charge in [0.05, 0.1) is 29.9 Å². The lowest BCUT2D eigenvalue weighted by Crippen LogP contribution is -2.15. The van der Waals surface area contributed by atoms with E-state index >= 15 is 0 Å². The molecule has 0 unspecified atom stereocenters. The molecule has 2 aromatic carbocycles. The van der Waals surface area contributed by atoms with Crippen LogP contribution in [0.15, 0.2) is 30.3 Å². The van der Waals surface area contributed by atoms with Crippen LogP contribution in [-0.4, -0.2) is 23.0 Å². The van der Waals surface area contributed by atoms with Crippen molar-refractivity contribution in [2.75, 3.05) is 17.7 Å². The zero-order valence-electron chi connectivity index (χ0n) is 17.9. The summed E-state index contributed by atoms with van der Waals surface area (Å²) in [4.78, 5) is 21.1. The number of anilines is 2. The third-order valence-electron chi connectivity index (χ3n) is 5.45. The molecule has 4 rings (SSSR count). The molecule has 1 aromatic heterocycles. The second-order valence-electron chi connectivity index (χ2n) is 7.87. The molecule has 32 heavy (non-hydrogen) atoms. The molecule has 0 aliphatic heterocycles. The van der Waals surface area contributed by atoms with E-state index in [0.717, 1.165) is 18.9 Å². The molecule has 0 bridgehead atoms. The van der Waals surface area contributed by atoms with E-state index in [-0.39, 0.29) is 17.4 Å².